The highest BCUT2D eigenvalue weighted by molar-refractivity contribution is 5.49. The van der Waals surface area contributed by atoms with E-state index in [-0.39, 0.29) is 12.2 Å². The Labute approximate surface area is 97.5 Å². The molecule has 0 unspecified atom stereocenters. The molecule has 1 heterocycles. The van der Waals surface area contributed by atoms with Crippen LogP contribution in [0.25, 0.3) is 0 Å². The van der Waals surface area contributed by atoms with Gasteiger partial charge in [-0.25, -0.2) is 18.7 Å². The Balaban J connectivity index is 2.17. The van der Waals surface area contributed by atoms with Crippen LogP contribution >= 0.6 is 0 Å². The van der Waals surface area contributed by atoms with Crippen LogP contribution in [0, 0.1) is 18.6 Å². The number of aryl methyl sites for hydroxylation is 1. The summed E-state index contributed by atoms with van der Waals surface area (Å²) in [5.41, 5.74) is 1.04. The SMILES string of the molecule is Cc1ccc(F)c(NCc2cncnc2)c1F. The van der Waals surface area contributed by atoms with E-state index in [0.29, 0.717) is 5.56 Å². The van der Waals surface area contributed by atoms with Crippen molar-refractivity contribution in [2.24, 2.45) is 0 Å². The van der Waals surface area contributed by atoms with Crippen molar-refractivity contribution >= 4 is 5.69 Å². The molecule has 0 saturated carbocycles. The van der Waals surface area contributed by atoms with Crippen LogP contribution in [0.1, 0.15) is 11.1 Å². The van der Waals surface area contributed by atoms with E-state index in [9.17, 15) is 8.78 Å². The Hall–Kier alpha value is -2.04. The second-order valence-corrected chi connectivity index (χ2v) is 3.65. The quantitative estimate of drug-likeness (QED) is 0.888. The van der Waals surface area contributed by atoms with E-state index in [1.165, 1.54) is 18.5 Å². The van der Waals surface area contributed by atoms with Crippen molar-refractivity contribution in [2.75, 3.05) is 5.32 Å². The highest BCUT2D eigenvalue weighted by Crippen LogP contribution is 2.21. The highest BCUT2D eigenvalue weighted by atomic mass is 19.1. The molecule has 0 radical (unpaired) electrons. The lowest BCUT2D eigenvalue weighted by Crippen LogP contribution is -2.05. The molecule has 5 heteroatoms. The number of nitrogens with one attached hydrogen (secondary N) is 1. The number of halogens is 2. The molecule has 1 N–H and O–H groups in total. The van der Waals surface area contributed by atoms with Gasteiger partial charge in [0.2, 0.25) is 0 Å². The molecule has 0 atom stereocenters. The average molecular weight is 235 g/mol. The van der Waals surface area contributed by atoms with Gasteiger partial charge in [0.25, 0.3) is 0 Å². The van der Waals surface area contributed by atoms with Crippen molar-refractivity contribution < 1.29 is 8.78 Å². The van der Waals surface area contributed by atoms with E-state index >= 15 is 0 Å². The van der Waals surface area contributed by atoms with E-state index in [2.05, 4.69) is 15.3 Å². The molecular formula is C12H11F2N3. The van der Waals surface area contributed by atoms with Crippen LogP contribution in [0.3, 0.4) is 0 Å². The molecule has 88 valence electrons. The summed E-state index contributed by atoms with van der Waals surface area (Å²) in [7, 11) is 0. The van der Waals surface area contributed by atoms with Gasteiger partial charge in [0.1, 0.15) is 17.8 Å². The molecule has 2 rings (SSSR count). The molecule has 17 heavy (non-hydrogen) atoms. The smallest absolute Gasteiger partial charge is 0.152 e. The van der Waals surface area contributed by atoms with Gasteiger partial charge < -0.3 is 5.32 Å². The average Bonchev–Trinajstić information content (AvgIpc) is 2.35. The predicted octanol–water partition coefficient (Wildman–Crippen LogP) is 2.68. The van der Waals surface area contributed by atoms with E-state index in [4.69, 9.17) is 0 Å². The van der Waals surface area contributed by atoms with Gasteiger partial charge in [-0.2, -0.15) is 0 Å². The number of aromatic nitrogens is 2. The Morgan fingerprint density at radius 3 is 2.59 bits per heavy atom. The molecular weight excluding hydrogens is 224 g/mol. The zero-order valence-electron chi connectivity index (χ0n) is 9.24. The Morgan fingerprint density at radius 2 is 1.88 bits per heavy atom. The summed E-state index contributed by atoms with van der Waals surface area (Å²) < 4.78 is 27.0. The van der Waals surface area contributed by atoms with Crippen molar-refractivity contribution in [3.8, 4) is 0 Å². The summed E-state index contributed by atoms with van der Waals surface area (Å²) >= 11 is 0. The topological polar surface area (TPSA) is 37.8 Å². The summed E-state index contributed by atoms with van der Waals surface area (Å²) in [5, 5.41) is 2.71. The molecule has 0 bridgehead atoms. The number of benzene rings is 1. The van der Waals surface area contributed by atoms with Crippen molar-refractivity contribution in [1.29, 1.82) is 0 Å². The molecule has 1 aromatic carbocycles. The van der Waals surface area contributed by atoms with Crippen LogP contribution in [0.4, 0.5) is 14.5 Å². The van der Waals surface area contributed by atoms with Gasteiger partial charge in [-0.3, -0.25) is 0 Å². The summed E-state index contributed by atoms with van der Waals surface area (Å²) in [6, 6.07) is 2.64. The first-order valence-electron chi connectivity index (χ1n) is 5.11. The third-order valence-corrected chi connectivity index (χ3v) is 2.37. The van der Waals surface area contributed by atoms with Gasteiger partial charge >= 0.3 is 0 Å². The normalized spacial score (nSPS) is 10.3. The number of rotatable bonds is 3. The van der Waals surface area contributed by atoms with Crippen molar-refractivity contribution in [3.63, 3.8) is 0 Å². The van der Waals surface area contributed by atoms with Crippen LogP contribution in [-0.2, 0) is 6.54 Å². The molecule has 0 aliphatic rings. The second kappa shape index (κ2) is 4.86. The number of hydrogen-bond donors (Lipinski definition) is 1. The zero-order chi connectivity index (χ0) is 12.3. The van der Waals surface area contributed by atoms with E-state index in [1.54, 1.807) is 19.3 Å². The van der Waals surface area contributed by atoms with Gasteiger partial charge in [0.05, 0.1) is 0 Å². The molecule has 0 saturated heterocycles. The van der Waals surface area contributed by atoms with E-state index in [0.717, 1.165) is 5.56 Å². The van der Waals surface area contributed by atoms with Crippen LogP contribution in [0.5, 0.6) is 0 Å². The largest absolute Gasteiger partial charge is 0.376 e. The van der Waals surface area contributed by atoms with Crippen LogP contribution in [0.2, 0.25) is 0 Å². The van der Waals surface area contributed by atoms with Crippen LogP contribution in [0.15, 0.2) is 30.9 Å². The van der Waals surface area contributed by atoms with Gasteiger partial charge in [-0.15, -0.1) is 0 Å². The lowest BCUT2D eigenvalue weighted by atomic mass is 10.2. The first kappa shape index (κ1) is 11.4. The molecule has 3 nitrogen and oxygen atoms in total. The van der Waals surface area contributed by atoms with Gasteiger partial charge in [-0.05, 0) is 18.6 Å². The fourth-order valence-electron chi connectivity index (χ4n) is 1.43. The zero-order valence-corrected chi connectivity index (χ0v) is 9.24. The maximum absolute atomic E-state index is 13.6. The minimum absolute atomic E-state index is 0.117. The first-order chi connectivity index (χ1) is 8.18. The second-order valence-electron chi connectivity index (χ2n) is 3.65. The number of hydrogen-bond acceptors (Lipinski definition) is 3. The van der Waals surface area contributed by atoms with Crippen LogP contribution < -0.4 is 5.32 Å². The Kier molecular flexibility index (Phi) is 3.27. The molecule has 1 aromatic heterocycles. The van der Waals surface area contributed by atoms with Gasteiger partial charge in [-0.1, -0.05) is 6.07 Å². The first-order valence-corrected chi connectivity index (χ1v) is 5.11. The molecule has 0 amide bonds. The third-order valence-electron chi connectivity index (χ3n) is 2.37. The standard InChI is InChI=1S/C12H11F2N3/c1-8-2-3-10(13)12(11(8)14)17-6-9-4-15-7-16-5-9/h2-5,7,17H,6H2,1H3. The van der Waals surface area contributed by atoms with Gasteiger partial charge in [0, 0.05) is 24.5 Å². The number of nitrogens with zero attached hydrogens (tertiary/aromatic N) is 2. The van der Waals surface area contributed by atoms with E-state index < -0.39 is 11.6 Å². The maximum Gasteiger partial charge on any atom is 0.152 e. The minimum Gasteiger partial charge on any atom is -0.376 e. The molecule has 0 aliphatic carbocycles. The molecule has 0 aliphatic heterocycles. The fraction of sp³-hybridized carbons (Fsp3) is 0.167. The summed E-state index contributed by atoms with van der Waals surface area (Å²) in [6.07, 6.45) is 4.58. The van der Waals surface area contributed by atoms with Gasteiger partial charge in [0.15, 0.2) is 5.82 Å². The molecule has 0 fully saturated rings. The maximum atomic E-state index is 13.6. The van der Waals surface area contributed by atoms with E-state index in [1.807, 2.05) is 0 Å². The predicted molar refractivity (Wildman–Crippen MR) is 60.5 cm³/mol. The lowest BCUT2D eigenvalue weighted by Gasteiger charge is -2.09. The summed E-state index contributed by atoms with van der Waals surface area (Å²) in [4.78, 5) is 7.64. The third kappa shape index (κ3) is 2.55. The summed E-state index contributed by atoms with van der Waals surface area (Å²) in [6.45, 7) is 1.86. The number of anilines is 1. The minimum atomic E-state index is -0.607. The van der Waals surface area contributed by atoms with Crippen LogP contribution in [-0.4, -0.2) is 9.97 Å². The van der Waals surface area contributed by atoms with Crippen molar-refractivity contribution in [3.05, 3.63) is 53.6 Å². The highest BCUT2D eigenvalue weighted by Gasteiger charge is 2.10. The summed E-state index contributed by atoms with van der Waals surface area (Å²) in [5.74, 6) is -1.17. The molecule has 2 aromatic rings. The Morgan fingerprint density at radius 1 is 1.18 bits per heavy atom. The fourth-order valence-corrected chi connectivity index (χ4v) is 1.43. The van der Waals surface area contributed by atoms with Crippen molar-refractivity contribution in [2.45, 2.75) is 13.5 Å². The Bertz CT molecular complexity index is 515. The van der Waals surface area contributed by atoms with Crippen molar-refractivity contribution in [1.82, 2.24) is 9.97 Å². The molecule has 0 spiro atoms. The monoisotopic (exact) mass is 235 g/mol. The lowest BCUT2D eigenvalue weighted by molar-refractivity contribution is 0.582.